The molecule has 0 saturated carbocycles. The normalized spacial score (nSPS) is 11.1. The van der Waals surface area contributed by atoms with E-state index in [1.807, 2.05) is 43.3 Å². The molecule has 0 aliphatic rings. The number of aliphatic imine (C=N–C) groups is 1. The molecule has 0 aliphatic heterocycles. The zero-order valence-electron chi connectivity index (χ0n) is 19.1. The minimum atomic E-state index is 0. The molecule has 0 atom stereocenters. The van der Waals surface area contributed by atoms with Crippen LogP contribution < -0.4 is 20.1 Å². The van der Waals surface area contributed by atoms with Crippen LogP contribution in [0.2, 0.25) is 0 Å². The summed E-state index contributed by atoms with van der Waals surface area (Å²) in [5, 5.41) is 6.58. The predicted molar refractivity (Wildman–Crippen MR) is 138 cm³/mol. The summed E-state index contributed by atoms with van der Waals surface area (Å²) in [6.07, 6.45) is 1.79. The summed E-state index contributed by atoms with van der Waals surface area (Å²) < 4.78 is 11.5. The number of aromatic nitrogens is 1. The van der Waals surface area contributed by atoms with Gasteiger partial charge in [-0.1, -0.05) is 26.0 Å². The van der Waals surface area contributed by atoms with Gasteiger partial charge in [-0.15, -0.1) is 24.0 Å². The highest BCUT2D eigenvalue weighted by atomic mass is 127. The summed E-state index contributed by atoms with van der Waals surface area (Å²) in [4.78, 5) is 11.3. The van der Waals surface area contributed by atoms with Crippen molar-refractivity contribution in [2.45, 2.75) is 33.9 Å². The maximum atomic E-state index is 5.93. The van der Waals surface area contributed by atoms with E-state index in [1.165, 1.54) is 0 Å². The first-order chi connectivity index (χ1) is 14.7. The lowest BCUT2D eigenvalue weighted by molar-refractivity contribution is 0.217. The molecule has 0 unspecified atom stereocenters. The lowest BCUT2D eigenvalue weighted by atomic mass is 10.2. The van der Waals surface area contributed by atoms with Crippen molar-refractivity contribution in [3.63, 3.8) is 0 Å². The SMILES string of the molecule is CCNC(=NCc1ccc(OCCN(CC)CC)c(OC)c1)NCc1ccccn1.I. The number of pyridine rings is 1. The Balaban J connectivity index is 0.00000480. The molecule has 172 valence electrons. The molecule has 31 heavy (non-hydrogen) atoms. The number of hydrogen-bond donors (Lipinski definition) is 2. The van der Waals surface area contributed by atoms with E-state index in [-0.39, 0.29) is 24.0 Å². The first kappa shape index (κ1) is 27.0. The predicted octanol–water partition coefficient (Wildman–Crippen LogP) is 3.68. The summed E-state index contributed by atoms with van der Waals surface area (Å²) in [6.45, 7) is 11.9. The van der Waals surface area contributed by atoms with E-state index in [4.69, 9.17) is 9.47 Å². The van der Waals surface area contributed by atoms with Gasteiger partial charge < -0.3 is 25.0 Å². The topological polar surface area (TPSA) is 71.0 Å². The van der Waals surface area contributed by atoms with Crippen LogP contribution in [0.1, 0.15) is 32.0 Å². The molecule has 0 spiro atoms. The second-order valence-electron chi connectivity index (χ2n) is 6.73. The highest BCUT2D eigenvalue weighted by Crippen LogP contribution is 2.28. The Morgan fingerprint density at radius 1 is 1.06 bits per heavy atom. The highest BCUT2D eigenvalue weighted by molar-refractivity contribution is 14.0. The molecule has 1 heterocycles. The molecule has 7 nitrogen and oxygen atoms in total. The maximum absolute atomic E-state index is 5.93. The molecule has 2 aromatic rings. The van der Waals surface area contributed by atoms with Crippen LogP contribution in [0, 0.1) is 0 Å². The van der Waals surface area contributed by atoms with E-state index in [0.29, 0.717) is 19.7 Å². The van der Waals surface area contributed by atoms with Crippen molar-refractivity contribution >= 4 is 29.9 Å². The lowest BCUT2D eigenvalue weighted by Gasteiger charge is -2.19. The van der Waals surface area contributed by atoms with Gasteiger partial charge in [0, 0.05) is 19.3 Å². The highest BCUT2D eigenvalue weighted by Gasteiger charge is 2.07. The summed E-state index contributed by atoms with van der Waals surface area (Å²) in [5.74, 6) is 2.24. The van der Waals surface area contributed by atoms with Crippen molar-refractivity contribution < 1.29 is 9.47 Å². The van der Waals surface area contributed by atoms with E-state index in [2.05, 4.69) is 39.4 Å². The number of nitrogens with zero attached hydrogens (tertiary/aromatic N) is 3. The van der Waals surface area contributed by atoms with E-state index < -0.39 is 0 Å². The molecule has 1 aromatic carbocycles. The number of nitrogens with one attached hydrogen (secondary N) is 2. The fraction of sp³-hybridized carbons (Fsp3) is 0.478. The number of ether oxygens (including phenoxy) is 2. The monoisotopic (exact) mass is 541 g/mol. The number of guanidine groups is 1. The van der Waals surface area contributed by atoms with Crippen molar-refractivity contribution in [1.29, 1.82) is 0 Å². The van der Waals surface area contributed by atoms with Crippen molar-refractivity contribution in [2.75, 3.05) is 39.9 Å². The Hall–Kier alpha value is -2.07. The van der Waals surface area contributed by atoms with Gasteiger partial charge in [0.15, 0.2) is 17.5 Å². The first-order valence-corrected chi connectivity index (χ1v) is 10.6. The van der Waals surface area contributed by atoms with Gasteiger partial charge in [-0.2, -0.15) is 0 Å². The number of methoxy groups -OCH3 is 1. The maximum Gasteiger partial charge on any atom is 0.191 e. The Bertz CT molecular complexity index is 770. The second-order valence-corrected chi connectivity index (χ2v) is 6.73. The van der Waals surface area contributed by atoms with Crippen LogP contribution in [0.25, 0.3) is 0 Å². The van der Waals surface area contributed by atoms with Crippen molar-refractivity contribution in [1.82, 2.24) is 20.5 Å². The molecule has 0 saturated heterocycles. The largest absolute Gasteiger partial charge is 0.493 e. The van der Waals surface area contributed by atoms with Crippen LogP contribution in [0.5, 0.6) is 11.5 Å². The van der Waals surface area contributed by atoms with Crippen LogP contribution in [0.3, 0.4) is 0 Å². The van der Waals surface area contributed by atoms with Crippen LogP contribution >= 0.6 is 24.0 Å². The number of likely N-dealkylation sites (N-methyl/N-ethyl adjacent to an activating group) is 1. The molecular formula is C23H36IN5O2. The van der Waals surface area contributed by atoms with Crippen LogP contribution in [-0.2, 0) is 13.1 Å². The summed E-state index contributed by atoms with van der Waals surface area (Å²) in [7, 11) is 1.66. The summed E-state index contributed by atoms with van der Waals surface area (Å²) in [5.41, 5.74) is 2.02. The molecule has 2 rings (SSSR count). The van der Waals surface area contributed by atoms with Crippen LogP contribution in [-0.4, -0.2) is 55.7 Å². The van der Waals surface area contributed by atoms with Gasteiger partial charge in [-0.05, 0) is 49.8 Å². The third kappa shape index (κ3) is 9.73. The molecule has 2 N–H and O–H groups in total. The van der Waals surface area contributed by atoms with Gasteiger partial charge in [0.2, 0.25) is 0 Å². The number of benzene rings is 1. The number of rotatable bonds is 12. The van der Waals surface area contributed by atoms with Gasteiger partial charge in [0.25, 0.3) is 0 Å². The standard InChI is InChI=1S/C23H35N5O2.HI/c1-5-24-23(27-18-20-10-8-9-13-25-20)26-17-19-11-12-21(22(16-19)29-4)30-15-14-28(6-2)7-3;/h8-13,16H,5-7,14-15,17-18H2,1-4H3,(H2,24,26,27);1H. The Morgan fingerprint density at radius 2 is 1.87 bits per heavy atom. The molecule has 1 aromatic heterocycles. The smallest absolute Gasteiger partial charge is 0.191 e. The molecule has 0 bridgehead atoms. The zero-order chi connectivity index (χ0) is 21.6. The Kier molecular flexibility index (Phi) is 13.6. The number of hydrogen-bond acceptors (Lipinski definition) is 5. The van der Waals surface area contributed by atoms with E-state index in [9.17, 15) is 0 Å². The van der Waals surface area contributed by atoms with Gasteiger partial charge in [-0.3, -0.25) is 4.98 Å². The van der Waals surface area contributed by atoms with Gasteiger partial charge >= 0.3 is 0 Å². The minimum absolute atomic E-state index is 0. The van der Waals surface area contributed by atoms with Gasteiger partial charge in [0.1, 0.15) is 6.61 Å². The number of halogens is 1. The third-order valence-electron chi connectivity index (χ3n) is 4.71. The Morgan fingerprint density at radius 3 is 2.52 bits per heavy atom. The summed E-state index contributed by atoms with van der Waals surface area (Å²) in [6, 6.07) is 11.8. The zero-order valence-corrected chi connectivity index (χ0v) is 21.4. The molecule has 0 amide bonds. The minimum Gasteiger partial charge on any atom is -0.493 e. The van der Waals surface area contributed by atoms with E-state index in [0.717, 1.165) is 54.9 Å². The van der Waals surface area contributed by atoms with Crippen LogP contribution in [0.4, 0.5) is 0 Å². The first-order valence-electron chi connectivity index (χ1n) is 10.6. The fourth-order valence-corrected chi connectivity index (χ4v) is 2.94. The molecule has 0 aliphatic carbocycles. The quantitative estimate of drug-likeness (QED) is 0.243. The van der Waals surface area contributed by atoms with Crippen molar-refractivity contribution in [3.8, 4) is 11.5 Å². The van der Waals surface area contributed by atoms with E-state index >= 15 is 0 Å². The third-order valence-corrected chi connectivity index (χ3v) is 4.71. The van der Waals surface area contributed by atoms with E-state index in [1.54, 1.807) is 13.3 Å². The second kappa shape index (κ2) is 15.7. The lowest BCUT2D eigenvalue weighted by Crippen LogP contribution is -2.37. The summed E-state index contributed by atoms with van der Waals surface area (Å²) >= 11 is 0. The average Bonchev–Trinajstić information content (AvgIpc) is 2.79. The Labute approximate surface area is 203 Å². The van der Waals surface area contributed by atoms with Gasteiger partial charge in [0.05, 0.1) is 25.9 Å². The molecule has 0 radical (unpaired) electrons. The van der Waals surface area contributed by atoms with Crippen LogP contribution in [0.15, 0.2) is 47.6 Å². The molecular weight excluding hydrogens is 505 g/mol. The van der Waals surface area contributed by atoms with Gasteiger partial charge in [-0.25, -0.2) is 4.99 Å². The fourth-order valence-electron chi connectivity index (χ4n) is 2.94. The average molecular weight is 541 g/mol. The van der Waals surface area contributed by atoms with Crippen molar-refractivity contribution in [2.24, 2.45) is 4.99 Å². The molecule has 8 heteroatoms. The molecule has 0 fully saturated rings. The van der Waals surface area contributed by atoms with Crippen molar-refractivity contribution in [3.05, 3.63) is 53.9 Å².